The van der Waals surface area contributed by atoms with E-state index in [0.29, 0.717) is 0 Å². The molecule has 3 heteroatoms. The van der Waals surface area contributed by atoms with Crippen molar-refractivity contribution in [2.24, 2.45) is 0 Å². The largest absolute Gasteiger partial charge is 0.391 e. The van der Waals surface area contributed by atoms with Crippen molar-refractivity contribution in [3.05, 3.63) is 0 Å². The number of carbonyl (C=O) groups is 1. The van der Waals surface area contributed by atoms with Crippen molar-refractivity contribution in [1.29, 1.82) is 0 Å². The standard InChI is InChI=1S/C7H15NO2/c1-4-7(5(2)9)8-6(3)10/h5,7,9H,4H2,1-3H3,(H,8,10). The summed E-state index contributed by atoms with van der Waals surface area (Å²) in [6.07, 6.45) is 0.297. The van der Waals surface area contributed by atoms with Gasteiger partial charge in [0.2, 0.25) is 5.91 Å². The lowest BCUT2D eigenvalue weighted by molar-refractivity contribution is -0.120. The van der Waals surface area contributed by atoms with Crippen LogP contribution >= 0.6 is 0 Å². The van der Waals surface area contributed by atoms with Crippen molar-refractivity contribution in [2.45, 2.75) is 39.3 Å². The van der Waals surface area contributed by atoms with Crippen molar-refractivity contribution in [2.75, 3.05) is 0 Å². The third-order valence-corrected chi connectivity index (χ3v) is 1.41. The number of amides is 1. The second-order valence-electron chi connectivity index (χ2n) is 2.46. The Morgan fingerprint density at radius 2 is 2.20 bits per heavy atom. The number of hydrogen-bond acceptors (Lipinski definition) is 2. The molecule has 2 unspecified atom stereocenters. The SMILES string of the molecule is CCC(NC(C)=O)C(C)O. The minimum Gasteiger partial charge on any atom is -0.391 e. The summed E-state index contributed by atoms with van der Waals surface area (Å²) in [6, 6.07) is -0.0995. The van der Waals surface area contributed by atoms with Gasteiger partial charge in [-0.25, -0.2) is 0 Å². The van der Waals surface area contributed by atoms with E-state index in [1.54, 1.807) is 6.92 Å². The molecule has 2 atom stereocenters. The molecule has 0 aliphatic rings. The van der Waals surface area contributed by atoms with Gasteiger partial charge in [0.25, 0.3) is 0 Å². The van der Waals surface area contributed by atoms with Crippen LogP contribution in [0, 0.1) is 0 Å². The summed E-state index contributed by atoms with van der Waals surface area (Å²) < 4.78 is 0. The first-order valence-corrected chi connectivity index (χ1v) is 3.53. The van der Waals surface area contributed by atoms with E-state index < -0.39 is 6.10 Å². The van der Waals surface area contributed by atoms with E-state index in [0.717, 1.165) is 6.42 Å². The molecule has 0 rings (SSSR count). The molecule has 10 heavy (non-hydrogen) atoms. The van der Waals surface area contributed by atoms with Crippen molar-refractivity contribution in [3.8, 4) is 0 Å². The van der Waals surface area contributed by atoms with Gasteiger partial charge in [-0.15, -0.1) is 0 Å². The molecule has 0 aromatic carbocycles. The number of aliphatic hydroxyl groups excluding tert-OH is 1. The van der Waals surface area contributed by atoms with E-state index in [1.807, 2.05) is 6.92 Å². The zero-order chi connectivity index (χ0) is 8.15. The van der Waals surface area contributed by atoms with Gasteiger partial charge >= 0.3 is 0 Å². The minimum absolute atomic E-state index is 0.0900. The van der Waals surface area contributed by atoms with Crippen LogP contribution < -0.4 is 5.32 Å². The molecule has 0 bridgehead atoms. The van der Waals surface area contributed by atoms with Gasteiger partial charge in [-0.1, -0.05) is 6.92 Å². The highest BCUT2D eigenvalue weighted by atomic mass is 16.3. The molecule has 0 aliphatic heterocycles. The molecule has 3 nitrogen and oxygen atoms in total. The van der Waals surface area contributed by atoms with Crippen molar-refractivity contribution >= 4 is 5.91 Å². The Bertz CT molecular complexity index is 112. The summed E-state index contributed by atoms with van der Waals surface area (Å²) in [5.41, 5.74) is 0. The smallest absolute Gasteiger partial charge is 0.217 e. The maximum Gasteiger partial charge on any atom is 0.217 e. The highest BCUT2D eigenvalue weighted by Crippen LogP contribution is 1.96. The molecule has 0 aromatic rings. The lowest BCUT2D eigenvalue weighted by atomic mass is 10.1. The fraction of sp³-hybridized carbons (Fsp3) is 0.857. The van der Waals surface area contributed by atoms with Crippen LogP contribution in [-0.2, 0) is 4.79 Å². The van der Waals surface area contributed by atoms with Gasteiger partial charge in [0.05, 0.1) is 12.1 Å². The lowest BCUT2D eigenvalue weighted by Gasteiger charge is -2.18. The molecule has 0 aromatic heterocycles. The Morgan fingerprint density at radius 1 is 1.70 bits per heavy atom. The van der Waals surface area contributed by atoms with Gasteiger partial charge < -0.3 is 10.4 Å². The Kier molecular flexibility index (Phi) is 4.03. The second-order valence-corrected chi connectivity index (χ2v) is 2.46. The molecule has 0 fully saturated rings. The summed E-state index contributed by atoms with van der Waals surface area (Å²) >= 11 is 0. The van der Waals surface area contributed by atoms with E-state index >= 15 is 0 Å². The van der Waals surface area contributed by atoms with Gasteiger partial charge in [0, 0.05) is 6.92 Å². The molecule has 0 aliphatic carbocycles. The summed E-state index contributed by atoms with van der Waals surface area (Å²) in [4.78, 5) is 10.5. The number of carbonyl (C=O) groups excluding carboxylic acids is 1. The van der Waals surface area contributed by atoms with Crippen molar-refractivity contribution in [1.82, 2.24) is 5.32 Å². The molecule has 0 spiro atoms. The van der Waals surface area contributed by atoms with Gasteiger partial charge in [-0.05, 0) is 13.3 Å². The maximum atomic E-state index is 10.5. The normalized spacial score (nSPS) is 16.0. The van der Waals surface area contributed by atoms with Gasteiger partial charge in [0.15, 0.2) is 0 Å². The first-order valence-electron chi connectivity index (χ1n) is 3.53. The zero-order valence-electron chi connectivity index (χ0n) is 6.72. The van der Waals surface area contributed by atoms with Crippen LogP contribution in [0.1, 0.15) is 27.2 Å². The van der Waals surface area contributed by atoms with Crippen LogP contribution in [-0.4, -0.2) is 23.2 Å². The predicted octanol–water partition coefficient (Wildman–Crippen LogP) is 0.282. The molecule has 0 radical (unpaired) electrons. The van der Waals surface area contributed by atoms with Crippen LogP contribution in [0.25, 0.3) is 0 Å². The first kappa shape index (κ1) is 9.43. The van der Waals surface area contributed by atoms with Crippen LogP contribution in [0.2, 0.25) is 0 Å². The monoisotopic (exact) mass is 145 g/mol. The van der Waals surface area contributed by atoms with Crippen LogP contribution in [0.5, 0.6) is 0 Å². The quantitative estimate of drug-likeness (QED) is 0.599. The summed E-state index contributed by atoms with van der Waals surface area (Å²) in [6.45, 7) is 5.04. The third-order valence-electron chi connectivity index (χ3n) is 1.41. The van der Waals surface area contributed by atoms with Crippen molar-refractivity contribution in [3.63, 3.8) is 0 Å². The molecular formula is C7H15NO2. The number of hydrogen-bond donors (Lipinski definition) is 2. The van der Waals surface area contributed by atoms with Crippen molar-refractivity contribution < 1.29 is 9.90 Å². The Morgan fingerprint density at radius 3 is 2.30 bits per heavy atom. The predicted molar refractivity (Wildman–Crippen MR) is 39.6 cm³/mol. The molecular weight excluding hydrogens is 130 g/mol. The van der Waals surface area contributed by atoms with Crippen LogP contribution in [0.4, 0.5) is 0 Å². The Hall–Kier alpha value is -0.570. The Balaban J connectivity index is 3.71. The number of aliphatic hydroxyl groups is 1. The average molecular weight is 145 g/mol. The van der Waals surface area contributed by atoms with E-state index in [9.17, 15) is 4.79 Å². The molecule has 1 amide bonds. The summed E-state index contributed by atoms with van der Waals surface area (Å²) in [7, 11) is 0. The average Bonchev–Trinajstić information content (AvgIpc) is 1.81. The Labute approximate surface area is 61.4 Å². The summed E-state index contributed by atoms with van der Waals surface area (Å²) in [5, 5.41) is 11.7. The van der Waals surface area contributed by atoms with E-state index in [1.165, 1.54) is 6.92 Å². The molecule has 0 heterocycles. The van der Waals surface area contributed by atoms with Gasteiger partial charge in [0.1, 0.15) is 0 Å². The molecule has 60 valence electrons. The summed E-state index contributed by atoms with van der Waals surface area (Å²) in [5.74, 6) is -0.0900. The van der Waals surface area contributed by atoms with E-state index in [-0.39, 0.29) is 11.9 Å². The second kappa shape index (κ2) is 4.28. The zero-order valence-corrected chi connectivity index (χ0v) is 6.72. The first-order chi connectivity index (χ1) is 4.57. The highest BCUT2D eigenvalue weighted by molar-refractivity contribution is 5.73. The minimum atomic E-state index is -0.464. The number of rotatable bonds is 3. The third kappa shape index (κ3) is 3.45. The molecule has 2 N–H and O–H groups in total. The fourth-order valence-corrected chi connectivity index (χ4v) is 0.825. The lowest BCUT2D eigenvalue weighted by Crippen LogP contribution is -2.40. The number of nitrogens with one attached hydrogen (secondary N) is 1. The van der Waals surface area contributed by atoms with E-state index in [4.69, 9.17) is 5.11 Å². The molecule has 0 saturated carbocycles. The topological polar surface area (TPSA) is 49.3 Å². The van der Waals surface area contributed by atoms with Crippen LogP contribution in [0.3, 0.4) is 0 Å². The van der Waals surface area contributed by atoms with E-state index in [2.05, 4.69) is 5.32 Å². The molecule has 0 saturated heterocycles. The maximum absolute atomic E-state index is 10.5. The van der Waals surface area contributed by atoms with Gasteiger partial charge in [-0.2, -0.15) is 0 Å². The van der Waals surface area contributed by atoms with Crippen LogP contribution in [0.15, 0.2) is 0 Å². The highest BCUT2D eigenvalue weighted by Gasteiger charge is 2.12. The fourth-order valence-electron chi connectivity index (χ4n) is 0.825. The van der Waals surface area contributed by atoms with Gasteiger partial charge in [-0.3, -0.25) is 4.79 Å².